The van der Waals surface area contributed by atoms with E-state index < -0.39 is 18.8 Å². The van der Waals surface area contributed by atoms with Gasteiger partial charge in [-0.25, -0.2) is 9.78 Å². The highest BCUT2D eigenvalue weighted by Crippen LogP contribution is 2.47. The summed E-state index contributed by atoms with van der Waals surface area (Å²) in [6.07, 6.45) is 3.26. The molecule has 1 unspecified atom stereocenters. The molecule has 2 heterocycles. The van der Waals surface area contributed by atoms with Crippen LogP contribution in [0.5, 0.6) is 0 Å². The summed E-state index contributed by atoms with van der Waals surface area (Å²) < 4.78 is 25.7. The molecule has 0 fully saturated rings. The number of hydrogen-bond donors (Lipinski definition) is 1. The molecule has 2 rings (SSSR count). The zero-order valence-corrected chi connectivity index (χ0v) is 15.0. The Kier molecular flexibility index (Phi) is 6.15. The summed E-state index contributed by atoms with van der Waals surface area (Å²) in [5.74, 6) is 0. The average molecular weight is 358 g/mol. The molecule has 0 saturated heterocycles. The van der Waals surface area contributed by atoms with E-state index in [1.54, 1.807) is 25.5 Å². The second kappa shape index (κ2) is 7.92. The summed E-state index contributed by atoms with van der Waals surface area (Å²) in [6.45, 7) is 4.78. The maximum Gasteiger partial charge on any atom is 0.330 e. The second-order valence-electron chi connectivity index (χ2n) is 5.31. The van der Waals surface area contributed by atoms with Crippen molar-refractivity contribution in [2.24, 2.45) is 7.05 Å². The van der Waals surface area contributed by atoms with Gasteiger partial charge in [0.1, 0.15) is 0 Å². The van der Waals surface area contributed by atoms with E-state index in [1.807, 2.05) is 0 Å². The van der Waals surface area contributed by atoms with Crippen LogP contribution in [-0.4, -0.2) is 38.5 Å². The largest absolute Gasteiger partial charge is 0.330 e. The van der Waals surface area contributed by atoms with E-state index in [0.717, 1.165) is 0 Å². The standard InChI is InChI=1S/C14H23N4O5P/c1-4-22-24(21,5-2)23-9-7-6-8-18-10-15-12-11(18)13(19)16-14(20)17(12)3/h10H,4-9H2,1-3H3,(H,16,19,20). The molecular weight excluding hydrogens is 335 g/mol. The van der Waals surface area contributed by atoms with E-state index in [1.165, 1.54) is 10.9 Å². The second-order valence-corrected chi connectivity index (χ2v) is 7.68. The molecule has 1 N–H and O–H groups in total. The van der Waals surface area contributed by atoms with E-state index in [9.17, 15) is 14.2 Å². The number of aromatic amines is 1. The average Bonchev–Trinajstić information content (AvgIpc) is 2.97. The molecule has 0 spiro atoms. The molecule has 9 nitrogen and oxygen atoms in total. The first-order chi connectivity index (χ1) is 11.4. The van der Waals surface area contributed by atoms with Gasteiger partial charge in [0, 0.05) is 19.8 Å². The van der Waals surface area contributed by atoms with Gasteiger partial charge < -0.3 is 13.6 Å². The molecule has 0 saturated carbocycles. The van der Waals surface area contributed by atoms with E-state index in [0.29, 0.717) is 49.9 Å². The highest BCUT2D eigenvalue weighted by atomic mass is 31.2. The number of aromatic nitrogens is 4. The minimum absolute atomic E-state index is 0.326. The molecule has 0 aliphatic heterocycles. The fraction of sp³-hybridized carbons (Fsp3) is 0.643. The summed E-state index contributed by atoms with van der Waals surface area (Å²) in [6, 6.07) is 0. The molecular formula is C14H23N4O5P. The van der Waals surface area contributed by atoms with Gasteiger partial charge in [-0.1, -0.05) is 6.92 Å². The molecule has 0 aromatic carbocycles. The Morgan fingerprint density at radius 1 is 1.25 bits per heavy atom. The summed E-state index contributed by atoms with van der Waals surface area (Å²) >= 11 is 0. The number of nitrogens with zero attached hydrogens (tertiary/aromatic N) is 3. The van der Waals surface area contributed by atoms with Crippen LogP contribution >= 0.6 is 7.60 Å². The number of fused-ring (bicyclic) bond motifs is 1. The fourth-order valence-electron chi connectivity index (χ4n) is 2.36. The van der Waals surface area contributed by atoms with E-state index in [2.05, 4.69) is 9.97 Å². The highest BCUT2D eigenvalue weighted by molar-refractivity contribution is 7.53. The lowest BCUT2D eigenvalue weighted by Gasteiger charge is -2.15. The maximum absolute atomic E-state index is 12.1. The van der Waals surface area contributed by atoms with Crippen molar-refractivity contribution in [3.05, 3.63) is 27.2 Å². The van der Waals surface area contributed by atoms with Crippen molar-refractivity contribution in [2.45, 2.75) is 33.2 Å². The molecule has 0 aliphatic carbocycles. The Balaban J connectivity index is 1.96. The van der Waals surface area contributed by atoms with Crippen molar-refractivity contribution in [1.29, 1.82) is 0 Å². The molecule has 0 radical (unpaired) electrons. The number of H-pyrrole nitrogens is 1. The summed E-state index contributed by atoms with van der Waals surface area (Å²) in [5.41, 5.74) is -0.218. The number of aryl methyl sites for hydroxylation is 2. The molecule has 10 heteroatoms. The van der Waals surface area contributed by atoms with Crippen molar-refractivity contribution < 1.29 is 13.6 Å². The van der Waals surface area contributed by atoms with E-state index >= 15 is 0 Å². The van der Waals surface area contributed by atoms with Crippen molar-refractivity contribution in [3.8, 4) is 0 Å². The normalized spacial score (nSPS) is 14.1. The first-order valence-corrected chi connectivity index (χ1v) is 9.67. The predicted octanol–water partition coefficient (Wildman–Crippen LogP) is 1.47. The molecule has 2 aromatic rings. The number of nitrogens with one attached hydrogen (secondary N) is 1. The van der Waals surface area contributed by atoms with E-state index in [4.69, 9.17) is 9.05 Å². The van der Waals surface area contributed by atoms with Crippen LogP contribution in [0.2, 0.25) is 0 Å². The third-order valence-corrected chi connectivity index (χ3v) is 5.67. The monoisotopic (exact) mass is 358 g/mol. The first-order valence-electron chi connectivity index (χ1n) is 7.94. The van der Waals surface area contributed by atoms with Crippen molar-refractivity contribution in [2.75, 3.05) is 19.4 Å². The van der Waals surface area contributed by atoms with Crippen LogP contribution in [0.15, 0.2) is 15.9 Å². The molecule has 0 amide bonds. The van der Waals surface area contributed by atoms with Crippen LogP contribution < -0.4 is 11.2 Å². The Hall–Kier alpha value is -1.70. The zero-order chi connectivity index (χ0) is 17.7. The lowest BCUT2D eigenvalue weighted by Crippen LogP contribution is -2.29. The quantitative estimate of drug-likeness (QED) is 0.537. The topological polar surface area (TPSA) is 108 Å². The van der Waals surface area contributed by atoms with Gasteiger partial charge in [0.25, 0.3) is 5.56 Å². The van der Waals surface area contributed by atoms with Crippen LogP contribution in [0.1, 0.15) is 26.7 Å². The van der Waals surface area contributed by atoms with Crippen LogP contribution in [0.3, 0.4) is 0 Å². The van der Waals surface area contributed by atoms with Crippen molar-refractivity contribution in [3.63, 3.8) is 0 Å². The Morgan fingerprint density at radius 2 is 2.00 bits per heavy atom. The zero-order valence-electron chi connectivity index (χ0n) is 14.2. The minimum atomic E-state index is -2.97. The fourth-order valence-corrected chi connectivity index (χ4v) is 3.60. The summed E-state index contributed by atoms with van der Waals surface area (Å²) in [5, 5.41) is 0. The van der Waals surface area contributed by atoms with Crippen molar-refractivity contribution >= 4 is 18.8 Å². The first kappa shape index (κ1) is 18.6. The molecule has 1 atom stereocenters. The molecule has 134 valence electrons. The van der Waals surface area contributed by atoms with Crippen LogP contribution in [0.4, 0.5) is 0 Å². The minimum Gasteiger partial charge on any atom is -0.325 e. The Morgan fingerprint density at radius 3 is 2.67 bits per heavy atom. The number of hydrogen-bond acceptors (Lipinski definition) is 6. The van der Waals surface area contributed by atoms with Gasteiger partial charge in [-0.15, -0.1) is 0 Å². The van der Waals surface area contributed by atoms with Crippen LogP contribution in [0, 0.1) is 0 Å². The third-order valence-electron chi connectivity index (χ3n) is 3.67. The Bertz CT molecular complexity index is 853. The predicted molar refractivity (Wildman–Crippen MR) is 90.6 cm³/mol. The smallest absolute Gasteiger partial charge is 0.325 e. The molecule has 0 bridgehead atoms. The molecule has 24 heavy (non-hydrogen) atoms. The third kappa shape index (κ3) is 4.03. The van der Waals surface area contributed by atoms with Gasteiger partial charge >= 0.3 is 13.3 Å². The van der Waals surface area contributed by atoms with Gasteiger partial charge in [0.15, 0.2) is 11.2 Å². The van der Waals surface area contributed by atoms with Crippen molar-refractivity contribution in [1.82, 2.24) is 19.1 Å². The summed E-state index contributed by atoms with van der Waals surface area (Å²) in [4.78, 5) is 29.9. The molecule has 2 aromatic heterocycles. The van der Waals surface area contributed by atoms with Crippen LogP contribution in [0.25, 0.3) is 11.2 Å². The Labute approximate surface area is 139 Å². The lowest BCUT2D eigenvalue weighted by molar-refractivity contribution is 0.208. The highest BCUT2D eigenvalue weighted by Gasteiger charge is 2.20. The molecule has 0 aliphatic rings. The number of rotatable bonds is 9. The maximum atomic E-state index is 12.1. The number of imidazole rings is 1. The number of unbranched alkanes of at least 4 members (excludes halogenated alkanes) is 1. The van der Waals surface area contributed by atoms with Gasteiger partial charge in [-0.2, -0.15) is 0 Å². The lowest BCUT2D eigenvalue weighted by atomic mass is 10.3. The van der Waals surface area contributed by atoms with Gasteiger partial charge in [0.2, 0.25) is 0 Å². The van der Waals surface area contributed by atoms with E-state index in [-0.39, 0.29) is 0 Å². The van der Waals surface area contributed by atoms with Gasteiger partial charge in [0.05, 0.1) is 19.5 Å². The van der Waals surface area contributed by atoms with Gasteiger partial charge in [-0.05, 0) is 19.8 Å². The summed E-state index contributed by atoms with van der Waals surface area (Å²) in [7, 11) is -1.41. The van der Waals surface area contributed by atoms with Crippen LogP contribution in [-0.2, 0) is 27.2 Å². The van der Waals surface area contributed by atoms with Gasteiger partial charge in [-0.3, -0.25) is 18.9 Å². The SMILES string of the molecule is CCOP(=O)(CC)OCCCCn1cnc2c1c(=O)[nH]c(=O)n2C.